The Labute approximate surface area is 171 Å². The molecular formula is C20H18BrN3O4. The van der Waals surface area contributed by atoms with Crippen LogP contribution in [0.1, 0.15) is 12.8 Å². The number of hydrogen-bond acceptors (Lipinski definition) is 5. The molecule has 8 heteroatoms. The summed E-state index contributed by atoms with van der Waals surface area (Å²) < 4.78 is 11.8. The number of rotatable bonds is 7. The van der Waals surface area contributed by atoms with E-state index < -0.39 is 0 Å². The van der Waals surface area contributed by atoms with E-state index in [4.69, 9.17) is 14.7 Å². The van der Waals surface area contributed by atoms with E-state index in [2.05, 4.69) is 27.3 Å². The van der Waals surface area contributed by atoms with Crippen molar-refractivity contribution in [3.8, 4) is 17.6 Å². The highest BCUT2D eigenvalue weighted by molar-refractivity contribution is 9.10. The first-order valence-electron chi connectivity index (χ1n) is 8.69. The van der Waals surface area contributed by atoms with Gasteiger partial charge in [-0.15, -0.1) is 0 Å². The smallest absolute Gasteiger partial charge is 0.265 e. The van der Waals surface area contributed by atoms with Gasteiger partial charge in [0.15, 0.2) is 6.61 Å². The molecule has 2 amide bonds. The van der Waals surface area contributed by atoms with Gasteiger partial charge in [0.25, 0.3) is 5.91 Å². The minimum absolute atomic E-state index is 0.108. The third-order valence-corrected chi connectivity index (χ3v) is 4.48. The molecule has 2 aromatic rings. The molecule has 0 fully saturated rings. The Balaban J connectivity index is 1.63. The molecule has 0 radical (unpaired) electrons. The molecular weight excluding hydrogens is 426 g/mol. The van der Waals surface area contributed by atoms with Crippen LogP contribution in [0, 0.1) is 11.3 Å². The van der Waals surface area contributed by atoms with Crippen LogP contribution < -0.4 is 19.7 Å². The number of nitrogens with zero attached hydrogens (tertiary/aromatic N) is 2. The zero-order valence-corrected chi connectivity index (χ0v) is 16.6. The van der Waals surface area contributed by atoms with Crippen molar-refractivity contribution in [3.05, 3.63) is 46.9 Å². The molecule has 0 atom stereocenters. The lowest BCUT2D eigenvalue weighted by molar-refractivity contribution is -0.123. The molecule has 7 nitrogen and oxygen atoms in total. The molecule has 0 unspecified atom stereocenters. The highest BCUT2D eigenvalue weighted by Gasteiger charge is 2.27. The average Bonchev–Trinajstić information content (AvgIpc) is 2.68. The van der Waals surface area contributed by atoms with Crippen LogP contribution in [0.2, 0.25) is 0 Å². The lowest BCUT2D eigenvalue weighted by atomic mass is 10.2. The van der Waals surface area contributed by atoms with E-state index in [-0.39, 0.29) is 25.0 Å². The molecule has 144 valence electrons. The first kappa shape index (κ1) is 19.7. The molecule has 1 aliphatic rings. The minimum atomic E-state index is -0.328. The first-order chi connectivity index (χ1) is 13.6. The molecule has 1 heterocycles. The summed E-state index contributed by atoms with van der Waals surface area (Å²) in [5, 5.41) is 11.3. The SMILES string of the molecule is N#CCCCOc1cccc(NC(=O)CN2C(=O)COc3cc(Br)ccc32)c1. The standard InChI is InChI=1S/C20H18BrN3O4/c21-14-6-7-17-18(10-14)28-13-20(26)24(17)12-19(25)23-15-4-3-5-16(11-15)27-9-2-1-8-22/h3-7,10-11H,1-2,9,12-13H2,(H,23,25). The molecule has 3 rings (SSSR count). The Morgan fingerprint density at radius 1 is 1.32 bits per heavy atom. The number of amides is 2. The van der Waals surface area contributed by atoms with E-state index >= 15 is 0 Å². The first-order valence-corrected chi connectivity index (χ1v) is 9.48. The lowest BCUT2D eigenvalue weighted by Gasteiger charge is -2.29. The van der Waals surface area contributed by atoms with E-state index in [1.165, 1.54) is 4.90 Å². The van der Waals surface area contributed by atoms with Crippen LogP contribution in [0.15, 0.2) is 46.9 Å². The lowest BCUT2D eigenvalue weighted by Crippen LogP contribution is -2.43. The highest BCUT2D eigenvalue weighted by atomic mass is 79.9. The summed E-state index contributed by atoms with van der Waals surface area (Å²) in [6.45, 7) is 0.201. The number of fused-ring (bicyclic) bond motifs is 1. The van der Waals surface area contributed by atoms with E-state index in [0.717, 1.165) is 4.47 Å². The van der Waals surface area contributed by atoms with E-state index in [0.29, 0.717) is 42.3 Å². The van der Waals surface area contributed by atoms with Crippen molar-refractivity contribution in [1.29, 1.82) is 5.26 Å². The van der Waals surface area contributed by atoms with Crippen LogP contribution in [0.5, 0.6) is 11.5 Å². The van der Waals surface area contributed by atoms with Gasteiger partial charge in [0.2, 0.25) is 5.91 Å². The van der Waals surface area contributed by atoms with Crippen molar-refractivity contribution < 1.29 is 19.1 Å². The van der Waals surface area contributed by atoms with Crippen LogP contribution in [0.3, 0.4) is 0 Å². The quantitative estimate of drug-likeness (QED) is 0.661. The van der Waals surface area contributed by atoms with Gasteiger partial charge in [-0.3, -0.25) is 14.5 Å². The van der Waals surface area contributed by atoms with Gasteiger partial charge >= 0.3 is 0 Å². The summed E-state index contributed by atoms with van der Waals surface area (Å²) >= 11 is 3.36. The summed E-state index contributed by atoms with van der Waals surface area (Å²) in [6, 6.07) is 14.3. The largest absolute Gasteiger partial charge is 0.493 e. The van der Waals surface area contributed by atoms with Gasteiger partial charge in [0, 0.05) is 22.6 Å². The van der Waals surface area contributed by atoms with Crippen LogP contribution >= 0.6 is 15.9 Å². The summed E-state index contributed by atoms with van der Waals surface area (Å²) in [7, 11) is 0. The average molecular weight is 444 g/mol. The maximum atomic E-state index is 12.5. The summed E-state index contributed by atoms with van der Waals surface area (Å²) in [6.07, 6.45) is 1.07. The fourth-order valence-corrected chi connectivity index (χ4v) is 3.04. The minimum Gasteiger partial charge on any atom is -0.493 e. The van der Waals surface area contributed by atoms with Crippen LogP contribution in [-0.2, 0) is 9.59 Å². The second-order valence-electron chi connectivity index (χ2n) is 6.07. The zero-order chi connectivity index (χ0) is 19.9. The Hall–Kier alpha value is -3.05. The van der Waals surface area contributed by atoms with Gasteiger partial charge in [0.05, 0.1) is 18.4 Å². The van der Waals surface area contributed by atoms with Crippen molar-refractivity contribution in [2.75, 3.05) is 30.0 Å². The van der Waals surface area contributed by atoms with E-state index in [1.54, 1.807) is 42.5 Å². The number of benzene rings is 2. The van der Waals surface area contributed by atoms with Crippen molar-refractivity contribution >= 4 is 39.1 Å². The molecule has 1 N–H and O–H groups in total. The Kier molecular flexibility index (Phi) is 6.50. The number of nitriles is 1. The van der Waals surface area contributed by atoms with Crippen LogP contribution in [-0.4, -0.2) is 31.6 Å². The molecule has 0 saturated heterocycles. The zero-order valence-electron chi connectivity index (χ0n) is 15.0. The molecule has 0 saturated carbocycles. The van der Waals surface area contributed by atoms with E-state index in [1.807, 2.05) is 0 Å². The molecule has 0 aromatic heterocycles. The molecule has 1 aliphatic heterocycles. The predicted molar refractivity (Wildman–Crippen MR) is 107 cm³/mol. The van der Waals surface area contributed by atoms with Gasteiger partial charge in [-0.25, -0.2) is 0 Å². The molecule has 0 spiro atoms. The molecule has 0 bridgehead atoms. The van der Waals surface area contributed by atoms with Crippen molar-refractivity contribution in [2.45, 2.75) is 12.8 Å². The Morgan fingerprint density at radius 3 is 3.00 bits per heavy atom. The van der Waals surface area contributed by atoms with Crippen molar-refractivity contribution in [3.63, 3.8) is 0 Å². The fourth-order valence-electron chi connectivity index (χ4n) is 2.70. The van der Waals surface area contributed by atoms with E-state index in [9.17, 15) is 9.59 Å². The third kappa shape index (κ3) is 5.02. The normalized spacial score (nSPS) is 12.6. The monoisotopic (exact) mass is 443 g/mol. The van der Waals surface area contributed by atoms with Crippen molar-refractivity contribution in [1.82, 2.24) is 0 Å². The number of hydrogen-bond donors (Lipinski definition) is 1. The summed E-state index contributed by atoms with van der Waals surface area (Å²) in [5.41, 5.74) is 1.13. The Bertz CT molecular complexity index is 926. The number of anilines is 2. The molecule has 0 aliphatic carbocycles. The number of nitrogens with one attached hydrogen (secondary N) is 1. The van der Waals surface area contributed by atoms with Gasteiger partial charge in [-0.1, -0.05) is 22.0 Å². The van der Waals surface area contributed by atoms with Gasteiger partial charge in [0.1, 0.15) is 18.0 Å². The number of halogens is 1. The highest BCUT2D eigenvalue weighted by Crippen LogP contribution is 2.34. The van der Waals surface area contributed by atoms with Crippen LogP contribution in [0.4, 0.5) is 11.4 Å². The second-order valence-corrected chi connectivity index (χ2v) is 6.98. The summed E-state index contributed by atoms with van der Waals surface area (Å²) in [4.78, 5) is 26.1. The predicted octanol–water partition coefficient (Wildman–Crippen LogP) is 3.50. The maximum Gasteiger partial charge on any atom is 0.265 e. The molecule has 28 heavy (non-hydrogen) atoms. The summed E-state index contributed by atoms with van der Waals surface area (Å²) in [5.74, 6) is 0.549. The van der Waals surface area contributed by atoms with Gasteiger partial charge in [-0.05, 0) is 36.8 Å². The number of carbonyl (C=O) groups is 2. The molecule has 2 aromatic carbocycles. The van der Waals surface area contributed by atoms with Crippen LogP contribution in [0.25, 0.3) is 0 Å². The maximum absolute atomic E-state index is 12.5. The van der Waals surface area contributed by atoms with Gasteiger partial charge < -0.3 is 14.8 Å². The number of carbonyl (C=O) groups excluding carboxylic acids is 2. The Morgan fingerprint density at radius 2 is 2.18 bits per heavy atom. The second kappa shape index (κ2) is 9.24. The van der Waals surface area contributed by atoms with Gasteiger partial charge in [-0.2, -0.15) is 5.26 Å². The topological polar surface area (TPSA) is 91.7 Å². The van der Waals surface area contributed by atoms with Crippen molar-refractivity contribution in [2.24, 2.45) is 0 Å². The fraction of sp³-hybridized carbons (Fsp3) is 0.250. The third-order valence-electron chi connectivity index (χ3n) is 3.99. The number of ether oxygens (including phenoxy) is 2. The number of unbranched alkanes of at least 4 members (excludes halogenated alkanes) is 1.